The molecule has 0 amide bonds. The van der Waals surface area contributed by atoms with E-state index >= 15 is 0 Å². The lowest BCUT2D eigenvalue weighted by Gasteiger charge is -2.09. The van der Waals surface area contributed by atoms with Crippen molar-refractivity contribution in [1.29, 1.82) is 0 Å². The van der Waals surface area contributed by atoms with Crippen LogP contribution in [0.4, 0.5) is 5.69 Å². The monoisotopic (exact) mass is 261 g/mol. The summed E-state index contributed by atoms with van der Waals surface area (Å²) in [6.07, 6.45) is 4.61. The van der Waals surface area contributed by atoms with Crippen LogP contribution in [0.3, 0.4) is 0 Å². The molecule has 0 aliphatic heterocycles. The van der Waals surface area contributed by atoms with Crippen molar-refractivity contribution in [3.05, 3.63) is 40.8 Å². The van der Waals surface area contributed by atoms with E-state index in [2.05, 4.69) is 9.97 Å². The van der Waals surface area contributed by atoms with Crippen LogP contribution < -0.4 is 10.5 Å². The molecule has 1 heterocycles. The van der Waals surface area contributed by atoms with Gasteiger partial charge >= 0.3 is 0 Å². The number of nitrogens with zero attached hydrogens (tertiary/aromatic N) is 2. The molecule has 1 aliphatic rings. The first kappa shape index (κ1) is 11.3. The van der Waals surface area contributed by atoms with Crippen LogP contribution in [0.15, 0.2) is 24.5 Å². The molecule has 5 heteroatoms. The molecule has 0 bridgehead atoms. The van der Waals surface area contributed by atoms with E-state index in [-0.39, 0.29) is 0 Å². The van der Waals surface area contributed by atoms with E-state index in [4.69, 9.17) is 22.1 Å². The number of hydrogen-bond acceptors (Lipinski definition) is 4. The van der Waals surface area contributed by atoms with Gasteiger partial charge in [-0.05, 0) is 31.4 Å². The van der Waals surface area contributed by atoms with Gasteiger partial charge in [-0.15, -0.1) is 0 Å². The van der Waals surface area contributed by atoms with Gasteiger partial charge in [-0.3, -0.25) is 0 Å². The molecule has 0 saturated heterocycles. The highest BCUT2D eigenvalue weighted by Crippen LogP contribution is 2.32. The lowest BCUT2D eigenvalue weighted by Crippen LogP contribution is -1.97. The molecule has 2 N–H and O–H groups in total. The number of aromatic nitrogens is 2. The van der Waals surface area contributed by atoms with Crippen molar-refractivity contribution in [3.8, 4) is 11.6 Å². The molecular weight excluding hydrogens is 250 g/mol. The Morgan fingerprint density at radius 1 is 1.22 bits per heavy atom. The summed E-state index contributed by atoms with van der Waals surface area (Å²) in [6.45, 7) is 0. The predicted molar refractivity (Wildman–Crippen MR) is 70.0 cm³/mol. The summed E-state index contributed by atoms with van der Waals surface area (Å²) in [7, 11) is 0. The number of fused-ring (bicyclic) bond motifs is 1. The molecule has 1 aromatic heterocycles. The summed E-state index contributed by atoms with van der Waals surface area (Å²) in [4.78, 5) is 8.45. The minimum atomic E-state index is 0.484. The summed E-state index contributed by atoms with van der Waals surface area (Å²) < 4.78 is 5.77. The van der Waals surface area contributed by atoms with Gasteiger partial charge in [0.1, 0.15) is 12.1 Å². The third kappa shape index (κ3) is 1.99. The molecule has 1 aliphatic carbocycles. The van der Waals surface area contributed by atoms with Gasteiger partial charge in [-0.2, -0.15) is 0 Å². The van der Waals surface area contributed by atoms with E-state index in [1.165, 1.54) is 0 Å². The van der Waals surface area contributed by atoms with E-state index in [0.29, 0.717) is 22.3 Å². The van der Waals surface area contributed by atoms with Crippen molar-refractivity contribution < 1.29 is 4.74 Å². The van der Waals surface area contributed by atoms with Gasteiger partial charge in [0, 0.05) is 11.6 Å². The molecule has 0 saturated carbocycles. The number of nitrogen functional groups attached to an aromatic ring is 1. The fourth-order valence-corrected chi connectivity index (χ4v) is 2.27. The maximum absolute atomic E-state index is 5.96. The lowest BCUT2D eigenvalue weighted by atomic mass is 10.2. The number of benzene rings is 1. The van der Waals surface area contributed by atoms with E-state index < -0.39 is 0 Å². The Labute approximate surface area is 110 Å². The Hall–Kier alpha value is -1.81. The van der Waals surface area contributed by atoms with E-state index in [1.54, 1.807) is 24.5 Å². The summed E-state index contributed by atoms with van der Waals surface area (Å²) in [6, 6.07) is 5.20. The number of anilines is 1. The Morgan fingerprint density at radius 2 is 2.11 bits per heavy atom. The molecule has 92 valence electrons. The predicted octanol–water partition coefficient (Wildman–Crippen LogP) is 2.99. The number of aryl methyl sites for hydroxylation is 1. The highest BCUT2D eigenvalue weighted by Gasteiger charge is 2.18. The van der Waals surface area contributed by atoms with Crippen molar-refractivity contribution in [1.82, 2.24) is 9.97 Å². The second-order valence-corrected chi connectivity index (χ2v) is 4.65. The van der Waals surface area contributed by atoms with Crippen molar-refractivity contribution >= 4 is 17.3 Å². The van der Waals surface area contributed by atoms with Gasteiger partial charge in [0.15, 0.2) is 0 Å². The highest BCUT2D eigenvalue weighted by atomic mass is 35.5. The summed E-state index contributed by atoms with van der Waals surface area (Å²) >= 11 is 5.96. The lowest BCUT2D eigenvalue weighted by molar-refractivity contribution is 0.455. The van der Waals surface area contributed by atoms with Gasteiger partial charge in [0.05, 0.1) is 16.4 Å². The quantitative estimate of drug-likeness (QED) is 0.844. The fraction of sp³-hybridized carbons (Fsp3) is 0.231. The molecule has 0 radical (unpaired) electrons. The minimum Gasteiger partial charge on any atom is -0.439 e. The van der Waals surface area contributed by atoms with Crippen LogP contribution >= 0.6 is 11.6 Å². The standard InChI is InChI=1S/C13H12ClN3O/c14-10-6-8(4-5-11(10)15)18-13-9-2-1-3-12(9)16-7-17-13/h4-7H,1-3,15H2. The highest BCUT2D eigenvalue weighted by molar-refractivity contribution is 6.33. The second kappa shape index (κ2) is 4.46. The van der Waals surface area contributed by atoms with Crippen molar-refractivity contribution in [2.24, 2.45) is 0 Å². The largest absolute Gasteiger partial charge is 0.439 e. The van der Waals surface area contributed by atoms with Crippen LogP contribution in [-0.4, -0.2) is 9.97 Å². The Balaban J connectivity index is 1.93. The zero-order valence-corrected chi connectivity index (χ0v) is 10.4. The number of nitrogens with two attached hydrogens (primary N) is 1. The molecule has 3 rings (SSSR count). The topological polar surface area (TPSA) is 61.0 Å². The van der Waals surface area contributed by atoms with Crippen LogP contribution in [0.25, 0.3) is 0 Å². The molecule has 4 nitrogen and oxygen atoms in total. The van der Waals surface area contributed by atoms with Crippen molar-refractivity contribution in [2.75, 3.05) is 5.73 Å². The van der Waals surface area contributed by atoms with Crippen molar-refractivity contribution in [3.63, 3.8) is 0 Å². The Kier molecular flexibility index (Phi) is 2.80. The molecule has 0 unspecified atom stereocenters. The van der Waals surface area contributed by atoms with Crippen LogP contribution in [0.5, 0.6) is 11.6 Å². The van der Waals surface area contributed by atoms with Crippen LogP contribution in [0.1, 0.15) is 17.7 Å². The summed E-state index contributed by atoms with van der Waals surface area (Å²) in [5.41, 5.74) is 8.39. The van der Waals surface area contributed by atoms with Crippen LogP contribution in [0, 0.1) is 0 Å². The van der Waals surface area contributed by atoms with Crippen LogP contribution in [-0.2, 0) is 12.8 Å². The fourth-order valence-electron chi connectivity index (χ4n) is 2.10. The van der Waals surface area contributed by atoms with Crippen LogP contribution in [0.2, 0.25) is 5.02 Å². The maximum Gasteiger partial charge on any atom is 0.225 e. The average molecular weight is 262 g/mol. The Bertz CT molecular complexity index is 601. The molecule has 2 aromatic rings. The van der Waals surface area contributed by atoms with Gasteiger partial charge in [0.25, 0.3) is 0 Å². The van der Waals surface area contributed by atoms with E-state index in [0.717, 1.165) is 30.5 Å². The smallest absolute Gasteiger partial charge is 0.225 e. The van der Waals surface area contributed by atoms with E-state index in [1.807, 2.05) is 0 Å². The van der Waals surface area contributed by atoms with Gasteiger partial charge < -0.3 is 10.5 Å². The first-order chi connectivity index (χ1) is 8.74. The first-order valence-electron chi connectivity index (χ1n) is 5.79. The van der Waals surface area contributed by atoms with E-state index in [9.17, 15) is 0 Å². The van der Waals surface area contributed by atoms with Crippen molar-refractivity contribution in [2.45, 2.75) is 19.3 Å². The maximum atomic E-state index is 5.96. The summed E-state index contributed by atoms with van der Waals surface area (Å²) in [5, 5.41) is 0.484. The number of rotatable bonds is 2. The zero-order valence-electron chi connectivity index (χ0n) is 9.69. The third-order valence-corrected chi connectivity index (χ3v) is 3.35. The average Bonchev–Trinajstić information content (AvgIpc) is 2.83. The number of hydrogen-bond donors (Lipinski definition) is 1. The molecule has 1 aromatic carbocycles. The number of halogens is 1. The van der Waals surface area contributed by atoms with Gasteiger partial charge in [-0.1, -0.05) is 11.6 Å². The second-order valence-electron chi connectivity index (χ2n) is 4.24. The summed E-state index contributed by atoms with van der Waals surface area (Å²) in [5.74, 6) is 1.26. The number of ether oxygens (including phenoxy) is 1. The van der Waals surface area contributed by atoms with Gasteiger partial charge in [-0.25, -0.2) is 9.97 Å². The molecular formula is C13H12ClN3O. The third-order valence-electron chi connectivity index (χ3n) is 3.02. The molecule has 0 spiro atoms. The zero-order chi connectivity index (χ0) is 12.5. The minimum absolute atomic E-state index is 0.484. The molecule has 18 heavy (non-hydrogen) atoms. The molecule has 0 fully saturated rings. The first-order valence-corrected chi connectivity index (χ1v) is 6.17. The normalized spacial score (nSPS) is 13.4. The van der Waals surface area contributed by atoms with Gasteiger partial charge in [0.2, 0.25) is 5.88 Å². The molecule has 0 atom stereocenters. The Morgan fingerprint density at radius 3 is 2.94 bits per heavy atom. The SMILES string of the molecule is Nc1ccc(Oc2ncnc3c2CCC3)cc1Cl.